The molecule has 1 aliphatic heterocycles. The van der Waals surface area contributed by atoms with Gasteiger partial charge in [-0.15, -0.1) is 22.0 Å². The van der Waals surface area contributed by atoms with E-state index in [-0.39, 0.29) is 31.4 Å². The Hall–Kier alpha value is -3.13. The molecular formula is C21H19N3O4S. The lowest BCUT2D eigenvalue weighted by Crippen LogP contribution is -2.37. The summed E-state index contributed by atoms with van der Waals surface area (Å²) in [7, 11) is 0. The summed E-state index contributed by atoms with van der Waals surface area (Å²) in [4.78, 5) is 27.0. The average molecular weight is 409 g/mol. The summed E-state index contributed by atoms with van der Waals surface area (Å²) >= 11 is 1.51. The van der Waals surface area contributed by atoms with Crippen LogP contribution in [-0.4, -0.2) is 34.4 Å². The van der Waals surface area contributed by atoms with Gasteiger partial charge < -0.3 is 14.1 Å². The topological polar surface area (TPSA) is 85.5 Å². The summed E-state index contributed by atoms with van der Waals surface area (Å²) < 4.78 is 10.8. The van der Waals surface area contributed by atoms with Gasteiger partial charge in [-0.1, -0.05) is 29.8 Å². The summed E-state index contributed by atoms with van der Waals surface area (Å²) in [5, 5.41) is 7.92. The van der Waals surface area contributed by atoms with E-state index in [9.17, 15) is 9.59 Å². The van der Waals surface area contributed by atoms with Gasteiger partial charge in [-0.3, -0.25) is 9.59 Å². The molecule has 0 unspecified atom stereocenters. The standard InChI is InChI=1S/C21H19N3O4S/c1-14-5-4-6-15(11-14)21-23-22-18(28-21)12-27-20(26)9-10-24-16-7-2-3-8-17(16)29-13-19(24)25/h2-8,11H,9-10,12-13H2,1H3. The van der Waals surface area contributed by atoms with Crippen molar-refractivity contribution in [3.8, 4) is 11.5 Å². The summed E-state index contributed by atoms with van der Waals surface area (Å²) in [5.41, 5.74) is 2.73. The average Bonchev–Trinajstić information content (AvgIpc) is 3.21. The van der Waals surface area contributed by atoms with Crippen LogP contribution in [0, 0.1) is 6.92 Å². The number of carbonyl (C=O) groups excluding carboxylic acids is 2. The molecule has 1 aromatic heterocycles. The fourth-order valence-electron chi connectivity index (χ4n) is 3.02. The van der Waals surface area contributed by atoms with E-state index in [0.29, 0.717) is 11.6 Å². The third-order valence-electron chi connectivity index (χ3n) is 4.44. The molecule has 0 fully saturated rings. The maximum absolute atomic E-state index is 12.2. The predicted octanol–water partition coefficient (Wildman–Crippen LogP) is 3.62. The molecule has 0 spiro atoms. The lowest BCUT2D eigenvalue weighted by atomic mass is 10.1. The van der Waals surface area contributed by atoms with E-state index in [4.69, 9.17) is 9.15 Å². The van der Waals surface area contributed by atoms with E-state index < -0.39 is 5.97 Å². The van der Waals surface area contributed by atoms with Crippen LogP contribution in [0.4, 0.5) is 5.69 Å². The number of ether oxygens (including phenoxy) is 1. The van der Waals surface area contributed by atoms with Crippen molar-refractivity contribution in [3.05, 3.63) is 60.0 Å². The number of fused-ring (bicyclic) bond motifs is 1. The Kier molecular flexibility index (Phi) is 5.62. The normalized spacial score (nSPS) is 13.3. The fraction of sp³-hybridized carbons (Fsp3) is 0.238. The second kappa shape index (κ2) is 8.48. The minimum absolute atomic E-state index is 0.0128. The molecular weight excluding hydrogens is 390 g/mol. The van der Waals surface area contributed by atoms with Gasteiger partial charge in [-0.2, -0.15) is 0 Å². The summed E-state index contributed by atoms with van der Waals surface area (Å²) in [6.07, 6.45) is 0.0869. The molecule has 29 heavy (non-hydrogen) atoms. The van der Waals surface area contributed by atoms with Crippen molar-refractivity contribution in [1.29, 1.82) is 0 Å². The van der Waals surface area contributed by atoms with E-state index >= 15 is 0 Å². The van der Waals surface area contributed by atoms with Gasteiger partial charge in [-0.25, -0.2) is 0 Å². The van der Waals surface area contributed by atoms with E-state index in [1.54, 1.807) is 4.90 Å². The van der Waals surface area contributed by atoms with E-state index in [1.807, 2.05) is 55.5 Å². The molecule has 0 radical (unpaired) electrons. The first kappa shape index (κ1) is 19.2. The summed E-state index contributed by atoms with van der Waals surface area (Å²) in [6.45, 7) is 2.15. The highest BCUT2D eigenvalue weighted by Gasteiger charge is 2.25. The van der Waals surface area contributed by atoms with Crippen molar-refractivity contribution in [2.24, 2.45) is 0 Å². The smallest absolute Gasteiger partial charge is 0.308 e. The molecule has 0 aliphatic carbocycles. The van der Waals surface area contributed by atoms with Gasteiger partial charge in [0.2, 0.25) is 11.8 Å². The lowest BCUT2D eigenvalue weighted by molar-refractivity contribution is -0.145. The second-order valence-corrected chi connectivity index (χ2v) is 7.60. The first-order valence-corrected chi connectivity index (χ1v) is 10.2. The molecule has 4 rings (SSSR count). The van der Waals surface area contributed by atoms with Crippen molar-refractivity contribution in [3.63, 3.8) is 0 Å². The molecule has 7 nitrogen and oxygen atoms in total. The molecule has 0 atom stereocenters. The Balaban J connectivity index is 1.32. The number of carbonyl (C=O) groups is 2. The van der Waals surface area contributed by atoms with Crippen molar-refractivity contribution in [2.75, 3.05) is 17.2 Å². The van der Waals surface area contributed by atoms with Crippen molar-refractivity contribution < 1.29 is 18.7 Å². The van der Waals surface area contributed by atoms with Crippen molar-refractivity contribution in [2.45, 2.75) is 24.8 Å². The zero-order valence-electron chi connectivity index (χ0n) is 15.8. The number of hydrogen-bond donors (Lipinski definition) is 0. The SMILES string of the molecule is Cc1cccc(-c2nnc(COC(=O)CCN3C(=O)CSc4ccccc43)o2)c1. The fourth-order valence-corrected chi connectivity index (χ4v) is 3.96. The quantitative estimate of drug-likeness (QED) is 0.575. The maximum atomic E-state index is 12.2. The van der Waals surface area contributed by atoms with Crippen LogP contribution >= 0.6 is 11.8 Å². The molecule has 2 heterocycles. The minimum atomic E-state index is -0.427. The van der Waals surface area contributed by atoms with Crippen LogP contribution in [0.2, 0.25) is 0 Å². The molecule has 0 bridgehead atoms. The van der Waals surface area contributed by atoms with E-state index in [1.165, 1.54) is 11.8 Å². The first-order chi connectivity index (χ1) is 14.1. The number of para-hydroxylation sites is 1. The number of anilines is 1. The highest BCUT2D eigenvalue weighted by Crippen LogP contribution is 2.34. The molecule has 0 saturated heterocycles. The number of benzene rings is 2. The largest absolute Gasteiger partial charge is 0.456 e. The van der Waals surface area contributed by atoms with Gasteiger partial charge >= 0.3 is 5.97 Å². The summed E-state index contributed by atoms with van der Waals surface area (Å²) in [6, 6.07) is 15.4. The van der Waals surface area contributed by atoms with Gasteiger partial charge in [0.05, 0.1) is 17.9 Å². The minimum Gasteiger partial charge on any atom is -0.456 e. The molecule has 2 aromatic carbocycles. The van der Waals surface area contributed by atoms with Crippen LogP contribution in [0.5, 0.6) is 0 Å². The zero-order valence-corrected chi connectivity index (χ0v) is 16.6. The number of hydrogen-bond acceptors (Lipinski definition) is 7. The number of aromatic nitrogens is 2. The molecule has 148 valence electrons. The van der Waals surface area contributed by atoms with Gasteiger partial charge in [-0.05, 0) is 31.2 Å². The molecule has 1 amide bonds. The number of esters is 1. The zero-order chi connectivity index (χ0) is 20.2. The molecule has 0 saturated carbocycles. The van der Waals surface area contributed by atoms with Gasteiger partial charge in [0, 0.05) is 17.0 Å². The molecule has 8 heteroatoms. The monoisotopic (exact) mass is 409 g/mol. The highest BCUT2D eigenvalue weighted by atomic mass is 32.2. The third-order valence-corrected chi connectivity index (χ3v) is 5.48. The second-order valence-electron chi connectivity index (χ2n) is 6.58. The Morgan fingerprint density at radius 1 is 1.21 bits per heavy atom. The van der Waals surface area contributed by atoms with Gasteiger partial charge in [0.15, 0.2) is 6.61 Å². The Bertz CT molecular complexity index is 1050. The van der Waals surface area contributed by atoms with Crippen molar-refractivity contribution in [1.82, 2.24) is 10.2 Å². The van der Waals surface area contributed by atoms with E-state index in [2.05, 4.69) is 10.2 Å². The van der Waals surface area contributed by atoms with Crippen LogP contribution in [0.3, 0.4) is 0 Å². The summed E-state index contributed by atoms with van der Waals surface area (Å²) in [5.74, 6) is 0.541. The van der Waals surface area contributed by atoms with Crippen LogP contribution in [-0.2, 0) is 20.9 Å². The number of rotatable bonds is 6. The Morgan fingerprint density at radius 3 is 2.93 bits per heavy atom. The maximum Gasteiger partial charge on any atom is 0.308 e. The van der Waals surface area contributed by atoms with Crippen LogP contribution in [0.1, 0.15) is 17.9 Å². The van der Waals surface area contributed by atoms with E-state index in [0.717, 1.165) is 21.7 Å². The number of aryl methyl sites for hydroxylation is 1. The molecule has 1 aliphatic rings. The van der Waals surface area contributed by atoms with Crippen LogP contribution < -0.4 is 4.90 Å². The Morgan fingerprint density at radius 2 is 2.07 bits per heavy atom. The predicted molar refractivity (Wildman–Crippen MR) is 108 cm³/mol. The molecule has 0 N–H and O–H groups in total. The van der Waals surface area contributed by atoms with Gasteiger partial charge in [0.1, 0.15) is 0 Å². The lowest BCUT2D eigenvalue weighted by Gasteiger charge is -2.28. The number of thioether (sulfide) groups is 1. The number of nitrogens with zero attached hydrogens (tertiary/aromatic N) is 3. The number of amides is 1. The first-order valence-electron chi connectivity index (χ1n) is 9.17. The Labute approximate surface area is 172 Å². The molecule has 3 aromatic rings. The van der Waals surface area contributed by atoms with Crippen LogP contribution in [0.25, 0.3) is 11.5 Å². The van der Waals surface area contributed by atoms with Crippen LogP contribution in [0.15, 0.2) is 57.8 Å². The van der Waals surface area contributed by atoms with Crippen molar-refractivity contribution >= 4 is 29.3 Å². The highest BCUT2D eigenvalue weighted by molar-refractivity contribution is 8.00. The van der Waals surface area contributed by atoms with Gasteiger partial charge in [0.25, 0.3) is 5.89 Å². The third kappa shape index (κ3) is 4.48.